The molecule has 122 valence electrons. The summed E-state index contributed by atoms with van der Waals surface area (Å²) in [5.74, 6) is 0. The van der Waals surface area contributed by atoms with Crippen LogP contribution in [-0.2, 0) is 19.6 Å². The van der Waals surface area contributed by atoms with Gasteiger partial charge in [-0.3, -0.25) is 13.9 Å². The van der Waals surface area contributed by atoms with Gasteiger partial charge in [-0.25, -0.2) is 0 Å². The summed E-state index contributed by atoms with van der Waals surface area (Å²) in [5, 5.41) is 19.5. The van der Waals surface area contributed by atoms with Crippen molar-refractivity contribution in [2.45, 2.75) is 24.0 Å². The van der Waals surface area contributed by atoms with Crippen LogP contribution < -0.4 is 10.3 Å². The van der Waals surface area contributed by atoms with Crippen molar-refractivity contribution in [3.63, 3.8) is 0 Å². The molecule has 1 saturated heterocycles. The SMILES string of the molecule is COP(=O)(O)C[C@@]12O[C@H](CO)[C@@H](O)[C@@H]1Oc1nc(=O)ccn12. The van der Waals surface area contributed by atoms with E-state index >= 15 is 0 Å². The van der Waals surface area contributed by atoms with Crippen LogP contribution >= 0.6 is 7.60 Å². The number of fused-ring (bicyclic) bond motifs is 3. The van der Waals surface area contributed by atoms with Crippen LogP contribution in [0.15, 0.2) is 17.1 Å². The second kappa shape index (κ2) is 5.12. The molecule has 0 spiro atoms. The first-order valence-corrected chi connectivity index (χ1v) is 8.20. The number of ether oxygens (including phenoxy) is 2. The Morgan fingerprint density at radius 3 is 2.95 bits per heavy atom. The molecule has 11 heteroatoms. The lowest BCUT2D eigenvalue weighted by Crippen LogP contribution is -2.46. The van der Waals surface area contributed by atoms with Crippen molar-refractivity contribution in [2.75, 3.05) is 19.9 Å². The first kappa shape index (κ1) is 15.6. The maximum Gasteiger partial charge on any atom is 0.332 e. The molecule has 2 aliphatic rings. The summed E-state index contributed by atoms with van der Waals surface area (Å²) in [7, 11) is -2.99. The van der Waals surface area contributed by atoms with E-state index in [0.717, 1.165) is 13.2 Å². The topological polar surface area (TPSA) is 140 Å². The molecule has 22 heavy (non-hydrogen) atoms. The van der Waals surface area contributed by atoms with Crippen molar-refractivity contribution in [2.24, 2.45) is 0 Å². The summed E-state index contributed by atoms with van der Waals surface area (Å²) >= 11 is 0. The molecule has 0 bridgehead atoms. The largest absolute Gasteiger partial charge is 0.453 e. The van der Waals surface area contributed by atoms with Gasteiger partial charge >= 0.3 is 13.6 Å². The quantitative estimate of drug-likeness (QED) is 0.546. The average Bonchev–Trinajstić information content (AvgIpc) is 2.90. The molecule has 0 radical (unpaired) electrons. The van der Waals surface area contributed by atoms with Crippen molar-refractivity contribution in [3.05, 3.63) is 22.6 Å². The fourth-order valence-electron chi connectivity index (χ4n) is 2.79. The van der Waals surface area contributed by atoms with Gasteiger partial charge in [0.1, 0.15) is 18.4 Å². The van der Waals surface area contributed by atoms with E-state index in [9.17, 15) is 24.5 Å². The first-order chi connectivity index (χ1) is 10.3. The highest BCUT2D eigenvalue weighted by molar-refractivity contribution is 7.52. The predicted octanol–water partition coefficient (Wildman–Crippen LogP) is -1.76. The summed E-state index contributed by atoms with van der Waals surface area (Å²) < 4.78 is 28.9. The van der Waals surface area contributed by atoms with Crippen LogP contribution in [0, 0.1) is 0 Å². The van der Waals surface area contributed by atoms with Gasteiger partial charge in [0.2, 0.25) is 0 Å². The fourth-order valence-corrected chi connectivity index (χ4v) is 3.90. The van der Waals surface area contributed by atoms with E-state index in [4.69, 9.17) is 9.47 Å². The lowest BCUT2D eigenvalue weighted by Gasteiger charge is -2.30. The first-order valence-electron chi connectivity index (χ1n) is 6.44. The van der Waals surface area contributed by atoms with Crippen molar-refractivity contribution in [1.29, 1.82) is 0 Å². The van der Waals surface area contributed by atoms with Crippen LogP contribution in [0.2, 0.25) is 0 Å². The molecule has 10 nitrogen and oxygen atoms in total. The van der Waals surface area contributed by atoms with Crippen molar-refractivity contribution < 1.29 is 33.7 Å². The van der Waals surface area contributed by atoms with Crippen LogP contribution in [0.3, 0.4) is 0 Å². The summed E-state index contributed by atoms with van der Waals surface area (Å²) in [6.07, 6.45) is -2.61. The van der Waals surface area contributed by atoms with Crippen molar-refractivity contribution in [3.8, 4) is 6.01 Å². The molecule has 0 amide bonds. The summed E-state index contributed by atoms with van der Waals surface area (Å²) in [6, 6.07) is 0.998. The summed E-state index contributed by atoms with van der Waals surface area (Å²) in [4.78, 5) is 24.8. The Morgan fingerprint density at radius 2 is 2.32 bits per heavy atom. The van der Waals surface area contributed by atoms with E-state index < -0.39 is 50.0 Å². The van der Waals surface area contributed by atoms with Crippen LogP contribution in [0.25, 0.3) is 0 Å². The second-order valence-corrected chi connectivity index (χ2v) is 7.07. The Morgan fingerprint density at radius 1 is 1.59 bits per heavy atom. The smallest absolute Gasteiger partial charge is 0.332 e. The molecular weight excluding hydrogens is 319 g/mol. The maximum atomic E-state index is 12.0. The Kier molecular flexibility index (Phi) is 3.63. The van der Waals surface area contributed by atoms with Gasteiger partial charge in [0.05, 0.1) is 6.61 Å². The third kappa shape index (κ3) is 2.19. The van der Waals surface area contributed by atoms with Crippen LogP contribution in [-0.4, -0.2) is 62.8 Å². The molecule has 3 N–H and O–H groups in total. The molecule has 1 aromatic heterocycles. The molecule has 5 atom stereocenters. The van der Waals surface area contributed by atoms with Gasteiger partial charge in [-0.2, -0.15) is 4.98 Å². The number of hydrogen-bond acceptors (Lipinski definition) is 8. The highest BCUT2D eigenvalue weighted by Crippen LogP contribution is 2.54. The lowest BCUT2D eigenvalue weighted by atomic mass is 10.0. The molecule has 0 aliphatic carbocycles. The molecule has 1 aromatic rings. The maximum absolute atomic E-state index is 12.0. The molecule has 3 rings (SSSR count). The van der Waals surface area contributed by atoms with E-state index in [-0.39, 0.29) is 6.01 Å². The van der Waals surface area contributed by atoms with E-state index in [1.54, 1.807) is 0 Å². The van der Waals surface area contributed by atoms with Crippen LogP contribution in [0.4, 0.5) is 0 Å². The number of hydrogen-bond donors (Lipinski definition) is 3. The highest BCUT2D eigenvalue weighted by atomic mass is 31.2. The standard InChI is InChI=1S/C11H15N2O8P/c1-19-22(17,18)5-11-9(8(16)6(4-14)21-11)20-10-12-7(15)2-3-13(10)11/h2-3,6,8-9,14,16H,4-5H2,1H3,(H,17,18)/t6-,8-,9+,11-/m1/s1. The monoisotopic (exact) mass is 334 g/mol. The summed E-state index contributed by atoms with van der Waals surface area (Å²) in [5.41, 5.74) is -2.16. The van der Waals surface area contributed by atoms with E-state index in [1.807, 2.05) is 0 Å². The van der Waals surface area contributed by atoms with Gasteiger partial charge in [-0.1, -0.05) is 0 Å². The van der Waals surface area contributed by atoms with E-state index in [2.05, 4.69) is 9.51 Å². The number of aromatic nitrogens is 2. The fraction of sp³-hybridized carbons (Fsp3) is 0.636. The normalized spacial score (nSPS) is 35.5. The van der Waals surface area contributed by atoms with Gasteiger partial charge in [0, 0.05) is 19.4 Å². The third-order valence-corrected chi connectivity index (χ3v) is 5.22. The Labute approximate surface area is 124 Å². The minimum absolute atomic E-state index is 0.135. The van der Waals surface area contributed by atoms with Gasteiger partial charge in [0.25, 0.3) is 5.56 Å². The summed E-state index contributed by atoms with van der Waals surface area (Å²) in [6.45, 7) is -0.506. The van der Waals surface area contributed by atoms with Crippen LogP contribution in [0.5, 0.6) is 6.01 Å². The van der Waals surface area contributed by atoms with Crippen molar-refractivity contribution in [1.82, 2.24) is 9.55 Å². The predicted molar refractivity (Wildman–Crippen MR) is 70.6 cm³/mol. The Bertz CT molecular complexity index is 693. The average molecular weight is 334 g/mol. The van der Waals surface area contributed by atoms with Gasteiger partial charge in [-0.15, -0.1) is 0 Å². The molecule has 3 heterocycles. The van der Waals surface area contributed by atoms with Gasteiger partial charge < -0.3 is 29.1 Å². The molecule has 2 aliphatic heterocycles. The molecule has 0 saturated carbocycles. The molecule has 1 fully saturated rings. The number of aliphatic hydroxyl groups is 2. The van der Waals surface area contributed by atoms with Gasteiger partial charge in [-0.05, 0) is 0 Å². The van der Waals surface area contributed by atoms with Crippen LogP contribution in [0.1, 0.15) is 0 Å². The third-order valence-electron chi connectivity index (χ3n) is 3.80. The number of aliphatic hydroxyl groups excluding tert-OH is 2. The molecule has 1 unspecified atom stereocenters. The number of nitrogens with zero attached hydrogens (tertiary/aromatic N) is 2. The van der Waals surface area contributed by atoms with E-state index in [0.29, 0.717) is 0 Å². The Balaban J connectivity index is 2.12. The second-order valence-electron chi connectivity index (χ2n) is 5.11. The van der Waals surface area contributed by atoms with Crippen molar-refractivity contribution >= 4 is 7.60 Å². The highest BCUT2D eigenvalue weighted by Gasteiger charge is 2.64. The zero-order valence-corrected chi connectivity index (χ0v) is 12.4. The zero-order valence-electron chi connectivity index (χ0n) is 11.5. The minimum Gasteiger partial charge on any atom is -0.453 e. The zero-order chi connectivity index (χ0) is 16.1. The number of rotatable bonds is 4. The lowest BCUT2D eigenvalue weighted by molar-refractivity contribution is -0.107. The molecule has 0 aromatic carbocycles. The minimum atomic E-state index is -4.06. The van der Waals surface area contributed by atoms with Gasteiger partial charge in [0.15, 0.2) is 11.8 Å². The Hall–Kier alpha value is -1.29. The molecular formula is C11H15N2O8P. The van der Waals surface area contributed by atoms with E-state index in [1.165, 1.54) is 10.8 Å².